The first-order valence-corrected chi connectivity index (χ1v) is 19.6. The number of alkyl carbamates (subject to hydrolysis) is 2. The van der Waals surface area contributed by atoms with Crippen LogP contribution < -0.4 is 10.6 Å². The second kappa shape index (κ2) is 18.7. The molecule has 2 aliphatic rings. The summed E-state index contributed by atoms with van der Waals surface area (Å²) in [5.41, 5.74) is 6.39. The number of rotatable bonds is 14. The van der Waals surface area contributed by atoms with Gasteiger partial charge in [-0.25, -0.2) is 19.6 Å². The van der Waals surface area contributed by atoms with E-state index in [0.29, 0.717) is 42.3 Å². The highest BCUT2D eigenvalue weighted by Crippen LogP contribution is 2.41. The number of hydrogen-bond acceptors (Lipinski definition) is 9. The summed E-state index contributed by atoms with van der Waals surface area (Å²) in [4.78, 5) is 70.4. The third kappa shape index (κ3) is 9.25. The lowest BCUT2D eigenvalue weighted by atomic mass is 9.99. The lowest BCUT2D eigenvalue weighted by molar-refractivity contribution is -0.139. The Balaban J connectivity index is 1.16. The molecule has 17 heteroatoms. The Morgan fingerprint density at radius 3 is 1.82 bits per heavy atom. The van der Waals surface area contributed by atoms with Gasteiger partial charge in [-0.3, -0.25) is 9.59 Å². The number of alkyl halides is 2. The van der Waals surface area contributed by atoms with Crippen LogP contribution in [0.3, 0.4) is 0 Å². The molecular weight excluding hydrogens is 779 g/mol. The van der Waals surface area contributed by atoms with Crippen LogP contribution in [0.15, 0.2) is 85.2 Å². The van der Waals surface area contributed by atoms with Gasteiger partial charge in [0, 0.05) is 19.0 Å². The van der Waals surface area contributed by atoms with E-state index in [2.05, 4.69) is 48.5 Å². The third-order valence-electron chi connectivity index (χ3n) is 11.0. The van der Waals surface area contributed by atoms with Crippen LogP contribution >= 0.6 is 0 Å². The molecule has 0 bridgehead atoms. The maximum Gasteiger partial charge on any atom is 0.407 e. The Bertz CT molecular complexity index is 2200. The number of ether oxygens (including phenoxy) is 3. The summed E-state index contributed by atoms with van der Waals surface area (Å²) in [6.07, 6.45) is 2.94. The number of nitrogens with zero attached hydrogens (tertiary/aromatic N) is 4. The van der Waals surface area contributed by atoms with Crippen molar-refractivity contribution in [2.75, 3.05) is 33.9 Å². The van der Waals surface area contributed by atoms with Crippen LogP contribution in [0.4, 0.5) is 18.4 Å². The first-order chi connectivity index (χ1) is 28.7. The summed E-state index contributed by atoms with van der Waals surface area (Å²) in [6.45, 7) is 10.9. The number of imidazole rings is 2. The highest BCUT2D eigenvalue weighted by atomic mass is 19.3. The van der Waals surface area contributed by atoms with E-state index in [0.717, 1.165) is 33.5 Å². The number of H-pyrrole nitrogens is 2. The normalized spacial score (nSPS) is 18.9. The summed E-state index contributed by atoms with van der Waals surface area (Å²) in [5, 5.41) is 5.20. The van der Waals surface area contributed by atoms with Gasteiger partial charge >= 0.3 is 18.8 Å². The number of benzene rings is 2. The Morgan fingerprint density at radius 1 is 0.800 bits per heavy atom. The van der Waals surface area contributed by atoms with Gasteiger partial charge in [-0.15, -0.1) is 0 Å². The number of halogens is 2. The largest absolute Gasteiger partial charge is 0.453 e. The van der Waals surface area contributed by atoms with Crippen LogP contribution in [0.2, 0.25) is 0 Å². The summed E-state index contributed by atoms with van der Waals surface area (Å²) in [7, 11) is 2.46. The van der Waals surface area contributed by atoms with Crippen molar-refractivity contribution in [3.63, 3.8) is 0 Å². The maximum atomic E-state index is 13.9. The first-order valence-electron chi connectivity index (χ1n) is 19.6. The molecule has 60 heavy (non-hydrogen) atoms. The monoisotopic (exact) mass is 828 g/mol. The zero-order valence-electron chi connectivity index (χ0n) is 34.2. The number of carbonyl (C=O) groups excluding carboxylic acids is 4. The Morgan fingerprint density at radius 2 is 1.32 bits per heavy atom. The van der Waals surface area contributed by atoms with Gasteiger partial charge in [0.25, 0.3) is 0 Å². The molecular formula is C43H50F2N8O7. The molecule has 0 aliphatic carbocycles. The SMILES string of the molecule is C=C1CCN(C(=O)C(CC)NC(=O)OC)C1c1ncc(-c2ccc(-c3ccc(-c4cnc(C5C(=C)C(COC(F)F)CN5C(=O)C(NC(=O)OC)C(C)C)[nH]4)cc3)cc2)[nH]1. The molecule has 15 nitrogen and oxygen atoms in total. The summed E-state index contributed by atoms with van der Waals surface area (Å²) < 4.78 is 40.1. The smallest absolute Gasteiger partial charge is 0.407 e. The van der Waals surface area contributed by atoms with Gasteiger partial charge in [-0.1, -0.05) is 82.5 Å². The predicted octanol–water partition coefficient (Wildman–Crippen LogP) is 6.77. The number of hydrogen-bond donors (Lipinski definition) is 4. The van der Waals surface area contributed by atoms with Crippen molar-refractivity contribution < 1.29 is 42.2 Å². The quantitative estimate of drug-likeness (QED) is 0.0997. The fourth-order valence-corrected chi connectivity index (χ4v) is 7.65. The highest BCUT2D eigenvalue weighted by molar-refractivity contribution is 5.87. The van der Waals surface area contributed by atoms with E-state index in [4.69, 9.17) is 9.47 Å². The molecule has 2 aliphatic heterocycles. The van der Waals surface area contributed by atoms with E-state index in [-0.39, 0.29) is 25.0 Å². The summed E-state index contributed by atoms with van der Waals surface area (Å²) >= 11 is 0. The molecule has 2 saturated heterocycles. The van der Waals surface area contributed by atoms with E-state index < -0.39 is 54.8 Å². The Kier molecular flexibility index (Phi) is 13.5. The molecule has 0 radical (unpaired) electrons. The van der Waals surface area contributed by atoms with Crippen LogP contribution in [0.25, 0.3) is 33.6 Å². The standard InChI is InChI=1S/C43H50F2N8O7/c1-8-31(50-42(56)58-6)39(54)52-18-17-24(4)35(52)37-46-19-32(48-37)28-13-9-26(10-14-28)27-11-15-29(16-12-27)33-20-47-38(49-33)36-25(5)30(22-60-41(44)45)21-53(36)40(55)34(23(2)3)51-43(57)59-7/h9-16,19-20,23,30-31,34-36,41H,4-5,8,17-18,21-22H2,1-3,6-7H3,(H,46,48)(H,47,49)(H,50,56)(H,51,57). The number of likely N-dealkylation sites (tertiary alicyclic amines) is 2. The minimum atomic E-state index is -2.99. The molecule has 318 valence electrons. The number of nitrogens with one attached hydrogen (secondary N) is 4. The lowest BCUT2D eigenvalue weighted by Crippen LogP contribution is -2.51. The van der Waals surface area contributed by atoms with Crippen molar-refractivity contribution in [1.82, 2.24) is 40.4 Å². The van der Waals surface area contributed by atoms with Crippen molar-refractivity contribution >= 4 is 24.0 Å². The second-order valence-electron chi connectivity index (χ2n) is 15.1. The first kappa shape index (κ1) is 43.2. The predicted molar refractivity (Wildman–Crippen MR) is 218 cm³/mol. The molecule has 6 rings (SSSR count). The topological polar surface area (TPSA) is 184 Å². The zero-order chi connectivity index (χ0) is 43.2. The highest BCUT2D eigenvalue weighted by Gasteiger charge is 2.44. The molecule has 2 fully saturated rings. The van der Waals surface area contributed by atoms with Crippen LogP contribution in [0.1, 0.15) is 57.3 Å². The number of methoxy groups -OCH3 is 2. The Labute approximate surface area is 346 Å². The van der Waals surface area contributed by atoms with Crippen molar-refractivity contribution in [1.29, 1.82) is 0 Å². The molecule has 2 aromatic carbocycles. The van der Waals surface area contributed by atoms with Gasteiger partial charge in [0.05, 0.1) is 44.6 Å². The molecule has 4 aromatic rings. The summed E-state index contributed by atoms with van der Waals surface area (Å²) in [5.74, 6) is -0.597. The molecule has 0 saturated carbocycles. The van der Waals surface area contributed by atoms with Crippen molar-refractivity contribution in [2.45, 2.75) is 64.4 Å². The van der Waals surface area contributed by atoms with E-state index in [9.17, 15) is 28.0 Å². The molecule has 5 atom stereocenters. The van der Waals surface area contributed by atoms with Crippen LogP contribution in [-0.2, 0) is 23.8 Å². The van der Waals surface area contributed by atoms with Crippen LogP contribution in [-0.4, -0.2) is 106 Å². The van der Waals surface area contributed by atoms with E-state index >= 15 is 0 Å². The number of aromatic nitrogens is 4. The van der Waals surface area contributed by atoms with Gasteiger partial charge < -0.3 is 44.6 Å². The minimum Gasteiger partial charge on any atom is -0.453 e. The average molecular weight is 829 g/mol. The van der Waals surface area contributed by atoms with Gasteiger partial charge in [0.15, 0.2) is 0 Å². The average Bonchev–Trinajstić information content (AvgIpc) is 4.07. The maximum absolute atomic E-state index is 13.9. The van der Waals surface area contributed by atoms with Gasteiger partial charge in [-0.05, 0) is 52.2 Å². The van der Waals surface area contributed by atoms with Gasteiger partial charge in [0.1, 0.15) is 35.8 Å². The molecule has 5 unspecified atom stereocenters. The van der Waals surface area contributed by atoms with E-state index in [1.807, 2.05) is 55.5 Å². The van der Waals surface area contributed by atoms with Crippen molar-refractivity contribution in [2.24, 2.45) is 11.8 Å². The number of aromatic amines is 2. The molecule has 4 amide bonds. The van der Waals surface area contributed by atoms with Crippen LogP contribution in [0.5, 0.6) is 0 Å². The molecule has 0 spiro atoms. The lowest BCUT2D eigenvalue weighted by Gasteiger charge is -2.30. The van der Waals surface area contributed by atoms with Gasteiger partial charge in [-0.2, -0.15) is 8.78 Å². The van der Waals surface area contributed by atoms with Gasteiger partial charge in [0.2, 0.25) is 11.8 Å². The summed E-state index contributed by atoms with van der Waals surface area (Å²) in [6, 6.07) is 12.8. The molecule has 4 N–H and O–H groups in total. The molecule has 4 heterocycles. The van der Waals surface area contributed by atoms with Crippen LogP contribution in [0, 0.1) is 11.8 Å². The van der Waals surface area contributed by atoms with Crippen molar-refractivity contribution in [3.8, 4) is 33.6 Å². The number of amides is 4. The van der Waals surface area contributed by atoms with Crippen molar-refractivity contribution in [3.05, 3.63) is 96.9 Å². The molecule has 2 aromatic heterocycles. The third-order valence-corrected chi connectivity index (χ3v) is 11.0. The van der Waals surface area contributed by atoms with E-state index in [1.165, 1.54) is 19.1 Å². The minimum absolute atomic E-state index is 0.0408. The zero-order valence-corrected chi connectivity index (χ0v) is 34.2. The van der Waals surface area contributed by atoms with E-state index in [1.54, 1.807) is 31.1 Å². The Hall–Kier alpha value is -6.36. The number of carbonyl (C=O) groups is 4. The second-order valence-corrected chi connectivity index (χ2v) is 15.1. The fourth-order valence-electron chi connectivity index (χ4n) is 7.65. The fraction of sp³-hybridized carbons (Fsp3) is 0.395.